The number of carbonyl (C=O) groups is 2. The molecule has 2 heterocycles. The molecule has 0 radical (unpaired) electrons. The second kappa shape index (κ2) is 7.57. The Hall–Kier alpha value is -1.17. The van der Waals surface area contributed by atoms with Crippen LogP contribution in [0.5, 0.6) is 0 Å². The van der Waals surface area contributed by atoms with Crippen molar-refractivity contribution in [3.63, 3.8) is 0 Å². The van der Waals surface area contributed by atoms with Crippen LogP contribution >= 0.6 is 11.8 Å². The van der Waals surface area contributed by atoms with Crippen molar-refractivity contribution in [3.8, 4) is 0 Å². The summed E-state index contributed by atoms with van der Waals surface area (Å²) in [5, 5.41) is 9.29. The number of amides is 3. The van der Waals surface area contributed by atoms with Crippen LogP contribution in [0.25, 0.3) is 0 Å². The zero-order chi connectivity index (χ0) is 14.4. The van der Waals surface area contributed by atoms with E-state index in [-0.39, 0.29) is 18.0 Å². The van der Waals surface area contributed by atoms with Gasteiger partial charge in [-0.05, 0) is 19.3 Å². The van der Waals surface area contributed by atoms with E-state index in [1.54, 1.807) is 6.08 Å². The maximum absolute atomic E-state index is 11.5. The van der Waals surface area contributed by atoms with Crippen molar-refractivity contribution in [3.05, 3.63) is 12.7 Å². The van der Waals surface area contributed by atoms with Gasteiger partial charge in [-0.2, -0.15) is 11.8 Å². The number of carbonyl (C=O) groups excluding carboxylic acids is 2. The first-order chi connectivity index (χ1) is 9.70. The molecule has 20 heavy (non-hydrogen) atoms. The first kappa shape index (κ1) is 15.2. The van der Waals surface area contributed by atoms with Gasteiger partial charge in [-0.3, -0.25) is 4.79 Å². The summed E-state index contributed by atoms with van der Waals surface area (Å²) in [4.78, 5) is 22.8. The number of fused-ring (bicyclic) bond motifs is 1. The summed E-state index contributed by atoms with van der Waals surface area (Å²) in [6, 6.07) is 0.528. The monoisotopic (exact) mass is 297 g/mol. The summed E-state index contributed by atoms with van der Waals surface area (Å²) in [6.45, 7) is 4.30. The van der Waals surface area contributed by atoms with Gasteiger partial charge in [0.15, 0.2) is 0 Å². The molecular formula is C14H23N3O2S. The molecule has 6 heteroatoms. The third-order valence-electron chi connectivity index (χ3n) is 3.75. The number of hydrogen-bond donors (Lipinski definition) is 3. The quantitative estimate of drug-likeness (QED) is 0.360. The van der Waals surface area contributed by atoms with Crippen LogP contribution in [0.3, 0.4) is 0 Å². The van der Waals surface area contributed by atoms with Crippen LogP contribution in [-0.2, 0) is 4.79 Å². The van der Waals surface area contributed by atoms with Crippen LogP contribution in [-0.4, -0.2) is 41.6 Å². The Morgan fingerprint density at radius 1 is 1.45 bits per heavy atom. The highest BCUT2D eigenvalue weighted by Gasteiger charge is 2.42. The lowest BCUT2D eigenvalue weighted by Gasteiger charge is -2.16. The summed E-state index contributed by atoms with van der Waals surface area (Å²) in [7, 11) is 0. The molecule has 0 saturated carbocycles. The number of nitrogens with one attached hydrogen (secondary N) is 3. The summed E-state index contributed by atoms with van der Waals surface area (Å²) in [5.41, 5.74) is 0. The topological polar surface area (TPSA) is 70.2 Å². The van der Waals surface area contributed by atoms with E-state index in [2.05, 4.69) is 22.5 Å². The van der Waals surface area contributed by atoms with Gasteiger partial charge in [-0.15, -0.1) is 6.58 Å². The van der Waals surface area contributed by atoms with E-state index < -0.39 is 0 Å². The van der Waals surface area contributed by atoms with Crippen LogP contribution in [0.2, 0.25) is 0 Å². The number of urea groups is 1. The molecule has 3 N–H and O–H groups in total. The normalized spacial score (nSPS) is 27.6. The molecule has 3 amide bonds. The Morgan fingerprint density at radius 3 is 3.10 bits per heavy atom. The van der Waals surface area contributed by atoms with E-state index >= 15 is 0 Å². The molecular weight excluding hydrogens is 274 g/mol. The SMILES string of the molecule is C=CCCNC(=O)CCCC[C@@H]1SC[C@@H]2NC(=O)N[C@@H]21. The molecule has 0 unspecified atom stereocenters. The van der Waals surface area contributed by atoms with Gasteiger partial charge in [0.05, 0.1) is 12.1 Å². The third-order valence-corrected chi connectivity index (χ3v) is 5.26. The first-order valence-corrected chi connectivity index (χ1v) is 8.32. The minimum Gasteiger partial charge on any atom is -0.356 e. The molecule has 0 aliphatic carbocycles. The Labute approximate surface area is 124 Å². The summed E-state index contributed by atoms with van der Waals surface area (Å²) >= 11 is 1.92. The van der Waals surface area contributed by atoms with Gasteiger partial charge in [0, 0.05) is 24.0 Å². The van der Waals surface area contributed by atoms with Crippen molar-refractivity contribution >= 4 is 23.7 Å². The van der Waals surface area contributed by atoms with Gasteiger partial charge in [-0.25, -0.2) is 4.79 Å². The van der Waals surface area contributed by atoms with E-state index in [0.29, 0.717) is 24.3 Å². The number of hydrogen-bond acceptors (Lipinski definition) is 3. The van der Waals surface area contributed by atoms with Crippen LogP contribution in [0.4, 0.5) is 4.79 Å². The van der Waals surface area contributed by atoms with Gasteiger partial charge in [0.1, 0.15) is 0 Å². The average molecular weight is 297 g/mol. The van der Waals surface area contributed by atoms with Crippen molar-refractivity contribution in [2.45, 2.75) is 49.4 Å². The van der Waals surface area contributed by atoms with Crippen molar-refractivity contribution < 1.29 is 9.59 Å². The fourth-order valence-electron chi connectivity index (χ4n) is 2.68. The lowest BCUT2D eigenvalue weighted by Crippen LogP contribution is -2.36. The molecule has 0 bridgehead atoms. The second-order valence-corrected chi connectivity index (χ2v) is 6.57. The molecule has 112 valence electrons. The molecule has 0 spiro atoms. The van der Waals surface area contributed by atoms with Crippen LogP contribution < -0.4 is 16.0 Å². The predicted octanol–water partition coefficient (Wildman–Crippen LogP) is 1.40. The summed E-state index contributed by atoms with van der Waals surface area (Å²) in [5.74, 6) is 1.12. The van der Waals surface area contributed by atoms with E-state index in [0.717, 1.165) is 31.4 Å². The van der Waals surface area contributed by atoms with Gasteiger partial charge < -0.3 is 16.0 Å². The zero-order valence-electron chi connectivity index (χ0n) is 11.7. The summed E-state index contributed by atoms with van der Waals surface area (Å²) in [6.07, 6.45) is 6.22. The molecule has 3 atom stereocenters. The van der Waals surface area contributed by atoms with Gasteiger partial charge in [-0.1, -0.05) is 12.5 Å². The Bertz CT molecular complexity index is 375. The summed E-state index contributed by atoms with van der Waals surface area (Å²) < 4.78 is 0. The predicted molar refractivity (Wildman–Crippen MR) is 81.8 cm³/mol. The van der Waals surface area contributed by atoms with E-state index in [9.17, 15) is 9.59 Å². The number of unbranched alkanes of at least 4 members (excludes halogenated alkanes) is 1. The Kier molecular flexibility index (Phi) is 5.76. The first-order valence-electron chi connectivity index (χ1n) is 7.27. The second-order valence-electron chi connectivity index (χ2n) is 5.29. The van der Waals surface area contributed by atoms with Crippen molar-refractivity contribution in [1.29, 1.82) is 0 Å². The highest BCUT2D eigenvalue weighted by molar-refractivity contribution is 8.00. The van der Waals surface area contributed by atoms with Crippen molar-refractivity contribution in [1.82, 2.24) is 16.0 Å². The molecule has 2 aliphatic heterocycles. The van der Waals surface area contributed by atoms with Crippen LogP contribution in [0.1, 0.15) is 32.1 Å². The fraction of sp³-hybridized carbons (Fsp3) is 0.714. The largest absolute Gasteiger partial charge is 0.356 e. The smallest absolute Gasteiger partial charge is 0.315 e. The molecule has 0 aromatic heterocycles. The van der Waals surface area contributed by atoms with Crippen LogP contribution in [0.15, 0.2) is 12.7 Å². The Balaban J connectivity index is 1.56. The molecule has 2 fully saturated rings. The third kappa shape index (κ3) is 4.16. The number of rotatable bonds is 8. The highest BCUT2D eigenvalue weighted by atomic mass is 32.2. The molecule has 2 saturated heterocycles. The fourth-order valence-corrected chi connectivity index (χ4v) is 4.22. The molecule has 0 aromatic carbocycles. The maximum atomic E-state index is 11.5. The lowest BCUT2D eigenvalue weighted by molar-refractivity contribution is -0.121. The standard InChI is InChI=1S/C14H23N3O2S/c1-2-3-8-15-12(18)7-5-4-6-11-13-10(9-20-11)16-14(19)17-13/h2,10-11,13H,1,3-9H2,(H,15,18)(H2,16,17,19)/t10-,11-,13-/m0/s1. The maximum Gasteiger partial charge on any atom is 0.315 e. The van der Waals surface area contributed by atoms with Crippen molar-refractivity contribution in [2.24, 2.45) is 0 Å². The van der Waals surface area contributed by atoms with E-state index in [1.807, 2.05) is 11.8 Å². The van der Waals surface area contributed by atoms with E-state index in [4.69, 9.17) is 0 Å². The average Bonchev–Trinajstić information content (AvgIpc) is 2.95. The molecule has 5 nitrogen and oxygen atoms in total. The zero-order valence-corrected chi connectivity index (χ0v) is 12.5. The van der Waals surface area contributed by atoms with Gasteiger partial charge >= 0.3 is 6.03 Å². The lowest BCUT2D eigenvalue weighted by atomic mass is 10.0. The van der Waals surface area contributed by atoms with E-state index in [1.165, 1.54) is 0 Å². The van der Waals surface area contributed by atoms with Crippen molar-refractivity contribution in [2.75, 3.05) is 12.3 Å². The molecule has 2 rings (SSSR count). The molecule has 0 aromatic rings. The van der Waals surface area contributed by atoms with Gasteiger partial charge in [0.2, 0.25) is 5.91 Å². The minimum atomic E-state index is -0.0353. The van der Waals surface area contributed by atoms with Crippen LogP contribution in [0, 0.1) is 0 Å². The molecule has 2 aliphatic rings. The highest BCUT2D eigenvalue weighted by Crippen LogP contribution is 2.33. The van der Waals surface area contributed by atoms with Gasteiger partial charge in [0.25, 0.3) is 0 Å². The minimum absolute atomic E-state index is 0.0353. The number of thioether (sulfide) groups is 1. The Morgan fingerprint density at radius 2 is 2.30 bits per heavy atom.